The normalized spacial score (nSPS) is 12.9. The molecule has 6 heteroatoms. The number of sulfonamides is 1. The summed E-state index contributed by atoms with van der Waals surface area (Å²) in [6.45, 7) is 1.92. The van der Waals surface area contributed by atoms with Crippen LogP contribution in [0.15, 0.2) is 83.9 Å². The fourth-order valence-electron chi connectivity index (χ4n) is 3.24. The van der Waals surface area contributed by atoms with Crippen LogP contribution in [0.1, 0.15) is 22.7 Å². The first-order chi connectivity index (χ1) is 13.4. The lowest BCUT2D eigenvalue weighted by Gasteiger charge is -2.19. The number of para-hydroxylation sites is 1. The molecule has 2 N–H and O–H groups in total. The van der Waals surface area contributed by atoms with Crippen LogP contribution in [0.2, 0.25) is 5.02 Å². The van der Waals surface area contributed by atoms with E-state index in [-0.39, 0.29) is 4.90 Å². The fraction of sp³-hybridized carbons (Fsp3) is 0.0909. The lowest BCUT2D eigenvalue weighted by atomic mass is 9.99. The second kappa shape index (κ2) is 7.43. The zero-order valence-electron chi connectivity index (χ0n) is 15.2. The molecule has 4 nitrogen and oxygen atoms in total. The first-order valence-corrected chi connectivity index (χ1v) is 10.7. The standard InChI is InChI=1S/C22H19ClN2O2S/c1-15-6-12-18(13-7-15)28(26,27)25-22(16-8-10-17(23)11-9-16)20-14-24-21-5-3-2-4-19(20)21/h2-14,22,24-25H,1H3. The zero-order chi connectivity index (χ0) is 19.7. The summed E-state index contributed by atoms with van der Waals surface area (Å²) in [6.07, 6.45) is 1.85. The van der Waals surface area contributed by atoms with Crippen LogP contribution in [0.3, 0.4) is 0 Å². The summed E-state index contributed by atoms with van der Waals surface area (Å²) in [5.74, 6) is 0. The van der Waals surface area contributed by atoms with Crippen molar-refractivity contribution >= 4 is 32.5 Å². The molecular weight excluding hydrogens is 392 g/mol. The molecule has 0 aliphatic carbocycles. The Kier molecular flexibility index (Phi) is 4.98. The van der Waals surface area contributed by atoms with Gasteiger partial charge in [0.1, 0.15) is 0 Å². The third kappa shape index (κ3) is 3.69. The van der Waals surface area contributed by atoms with Crippen molar-refractivity contribution in [1.29, 1.82) is 0 Å². The quantitative estimate of drug-likeness (QED) is 0.475. The van der Waals surface area contributed by atoms with Crippen LogP contribution in [0.25, 0.3) is 10.9 Å². The first-order valence-electron chi connectivity index (χ1n) is 8.84. The predicted octanol–water partition coefficient (Wildman–Crippen LogP) is 5.20. The highest BCUT2D eigenvalue weighted by atomic mass is 35.5. The Morgan fingerprint density at radius 3 is 2.32 bits per heavy atom. The predicted molar refractivity (Wildman–Crippen MR) is 113 cm³/mol. The molecule has 1 aromatic heterocycles. The van der Waals surface area contributed by atoms with E-state index in [9.17, 15) is 8.42 Å². The van der Waals surface area contributed by atoms with Gasteiger partial charge in [0.25, 0.3) is 0 Å². The second-order valence-electron chi connectivity index (χ2n) is 6.71. The Bertz CT molecular complexity index is 1210. The van der Waals surface area contributed by atoms with Gasteiger partial charge in [-0.3, -0.25) is 0 Å². The summed E-state index contributed by atoms with van der Waals surface area (Å²) in [6, 6.07) is 21.3. The van der Waals surface area contributed by atoms with Gasteiger partial charge in [0.15, 0.2) is 0 Å². The van der Waals surface area contributed by atoms with E-state index < -0.39 is 16.1 Å². The van der Waals surface area contributed by atoms with Gasteiger partial charge in [-0.05, 0) is 48.4 Å². The number of rotatable bonds is 5. The third-order valence-corrected chi connectivity index (χ3v) is 6.43. The smallest absolute Gasteiger partial charge is 0.241 e. The molecule has 4 rings (SSSR count). The number of aromatic amines is 1. The van der Waals surface area contributed by atoms with Crippen molar-refractivity contribution in [2.75, 3.05) is 0 Å². The Morgan fingerprint density at radius 1 is 0.929 bits per heavy atom. The summed E-state index contributed by atoms with van der Waals surface area (Å²) in [7, 11) is -3.73. The van der Waals surface area contributed by atoms with Crippen molar-refractivity contribution in [3.05, 3.63) is 101 Å². The number of aromatic nitrogens is 1. The number of halogens is 1. The Balaban J connectivity index is 1.81. The molecule has 4 aromatic rings. The fourth-order valence-corrected chi connectivity index (χ4v) is 4.57. The molecule has 0 amide bonds. The molecule has 28 heavy (non-hydrogen) atoms. The second-order valence-corrected chi connectivity index (χ2v) is 8.86. The molecule has 0 aliphatic heterocycles. The maximum absolute atomic E-state index is 13.1. The molecule has 0 fully saturated rings. The Morgan fingerprint density at radius 2 is 1.61 bits per heavy atom. The molecule has 0 aliphatic rings. The van der Waals surface area contributed by atoms with Gasteiger partial charge in [0.2, 0.25) is 10.0 Å². The molecule has 142 valence electrons. The van der Waals surface area contributed by atoms with Crippen molar-refractivity contribution in [3.63, 3.8) is 0 Å². The average molecular weight is 411 g/mol. The van der Waals surface area contributed by atoms with E-state index >= 15 is 0 Å². The van der Waals surface area contributed by atoms with Gasteiger partial charge < -0.3 is 4.98 Å². The van der Waals surface area contributed by atoms with Gasteiger partial charge in [-0.1, -0.05) is 59.6 Å². The highest BCUT2D eigenvalue weighted by molar-refractivity contribution is 7.89. The minimum Gasteiger partial charge on any atom is -0.361 e. The Hall–Kier alpha value is -2.60. The van der Waals surface area contributed by atoms with Gasteiger partial charge in [0, 0.05) is 22.1 Å². The van der Waals surface area contributed by atoms with Gasteiger partial charge in [-0.25, -0.2) is 8.42 Å². The largest absolute Gasteiger partial charge is 0.361 e. The molecule has 0 radical (unpaired) electrons. The number of hydrogen-bond acceptors (Lipinski definition) is 2. The van der Waals surface area contributed by atoms with Crippen molar-refractivity contribution in [1.82, 2.24) is 9.71 Å². The van der Waals surface area contributed by atoms with Crippen LogP contribution in [-0.2, 0) is 10.0 Å². The van der Waals surface area contributed by atoms with Crippen LogP contribution in [0.5, 0.6) is 0 Å². The maximum Gasteiger partial charge on any atom is 0.241 e. The minimum atomic E-state index is -3.73. The number of benzene rings is 3. The summed E-state index contributed by atoms with van der Waals surface area (Å²) in [5.41, 5.74) is 3.62. The van der Waals surface area contributed by atoms with Gasteiger partial charge in [-0.15, -0.1) is 0 Å². The molecule has 0 bridgehead atoms. The lowest BCUT2D eigenvalue weighted by molar-refractivity contribution is 0.572. The minimum absolute atomic E-state index is 0.233. The van der Waals surface area contributed by atoms with Crippen LogP contribution in [0, 0.1) is 6.92 Å². The summed E-state index contributed by atoms with van der Waals surface area (Å²) in [5, 5.41) is 1.57. The van der Waals surface area contributed by atoms with Crippen molar-refractivity contribution in [3.8, 4) is 0 Å². The number of aryl methyl sites for hydroxylation is 1. The zero-order valence-corrected chi connectivity index (χ0v) is 16.8. The van der Waals surface area contributed by atoms with Crippen molar-refractivity contribution in [2.24, 2.45) is 0 Å². The van der Waals surface area contributed by atoms with E-state index in [4.69, 9.17) is 11.6 Å². The monoisotopic (exact) mass is 410 g/mol. The van der Waals surface area contributed by atoms with E-state index in [1.165, 1.54) is 0 Å². The molecule has 3 aromatic carbocycles. The number of hydrogen-bond donors (Lipinski definition) is 2. The SMILES string of the molecule is Cc1ccc(S(=O)(=O)NC(c2ccc(Cl)cc2)c2c[nH]c3ccccc23)cc1. The molecule has 1 unspecified atom stereocenters. The molecule has 0 spiro atoms. The summed E-state index contributed by atoms with van der Waals surface area (Å²) < 4.78 is 29.0. The average Bonchev–Trinajstić information content (AvgIpc) is 3.11. The topological polar surface area (TPSA) is 62.0 Å². The highest BCUT2D eigenvalue weighted by Gasteiger charge is 2.25. The van der Waals surface area contributed by atoms with E-state index in [0.717, 1.165) is 27.6 Å². The van der Waals surface area contributed by atoms with E-state index in [1.807, 2.05) is 49.5 Å². The molecule has 0 saturated carbocycles. The van der Waals surface area contributed by atoms with Gasteiger partial charge in [0.05, 0.1) is 10.9 Å². The van der Waals surface area contributed by atoms with Crippen molar-refractivity contribution < 1.29 is 8.42 Å². The van der Waals surface area contributed by atoms with Crippen molar-refractivity contribution in [2.45, 2.75) is 17.9 Å². The number of nitrogens with one attached hydrogen (secondary N) is 2. The Labute approximate surface area is 169 Å². The molecule has 0 saturated heterocycles. The third-order valence-electron chi connectivity index (χ3n) is 4.74. The summed E-state index contributed by atoms with van der Waals surface area (Å²) >= 11 is 6.04. The van der Waals surface area contributed by atoms with Crippen LogP contribution in [-0.4, -0.2) is 13.4 Å². The molecular formula is C22H19ClN2O2S. The number of fused-ring (bicyclic) bond motifs is 1. The maximum atomic E-state index is 13.1. The first kappa shape index (κ1) is 18.7. The molecule has 1 heterocycles. The highest BCUT2D eigenvalue weighted by Crippen LogP contribution is 2.31. The van der Waals surface area contributed by atoms with E-state index in [1.54, 1.807) is 36.4 Å². The van der Waals surface area contributed by atoms with E-state index in [0.29, 0.717) is 5.02 Å². The van der Waals surface area contributed by atoms with Gasteiger partial charge >= 0.3 is 0 Å². The lowest BCUT2D eigenvalue weighted by Crippen LogP contribution is -2.29. The van der Waals surface area contributed by atoms with Gasteiger partial charge in [-0.2, -0.15) is 4.72 Å². The molecule has 1 atom stereocenters. The van der Waals surface area contributed by atoms with Crippen LogP contribution >= 0.6 is 11.6 Å². The van der Waals surface area contributed by atoms with Crippen LogP contribution < -0.4 is 4.72 Å². The van der Waals surface area contributed by atoms with Crippen LogP contribution in [0.4, 0.5) is 0 Å². The summed E-state index contributed by atoms with van der Waals surface area (Å²) in [4.78, 5) is 3.46. The van der Waals surface area contributed by atoms with E-state index in [2.05, 4.69) is 9.71 Å². The number of H-pyrrole nitrogens is 1.